The first kappa shape index (κ1) is 22.1. The van der Waals surface area contributed by atoms with Gasteiger partial charge in [0.25, 0.3) is 11.8 Å². The van der Waals surface area contributed by atoms with Crippen molar-refractivity contribution in [1.29, 1.82) is 0 Å². The van der Waals surface area contributed by atoms with Crippen molar-refractivity contribution in [2.45, 2.75) is 44.4 Å². The van der Waals surface area contributed by atoms with Crippen LogP contribution >= 0.6 is 0 Å². The number of nitrogens with two attached hydrogens (primary N) is 1. The number of hydrogen-bond donors (Lipinski definition) is 2. The topological polar surface area (TPSA) is 91.8 Å². The smallest absolute Gasteiger partial charge is 0.258 e. The standard InChI is InChI=1S/C25H29F2N7O/c26-25(27)7-12-33(13-8-25)22-21-29-9-14-34(21)16-20(30-22)31-23(35)18-2-1-17(28)15-19(18)32-10-5-24(3-4-24)6-11-32/h1-2,9,14-16H,3-8,10-13,28H2,(H,31,35). The quantitative estimate of drug-likeness (QED) is 0.544. The van der Waals surface area contributed by atoms with Crippen LogP contribution in [0.15, 0.2) is 36.8 Å². The number of benzene rings is 1. The predicted octanol–water partition coefficient (Wildman–Crippen LogP) is 4.18. The number of halogens is 2. The Morgan fingerprint density at radius 2 is 1.71 bits per heavy atom. The molecule has 1 amide bonds. The predicted molar refractivity (Wildman–Crippen MR) is 131 cm³/mol. The fourth-order valence-corrected chi connectivity index (χ4v) is 5.32. The highest BCUT2D eigenvalue weighted by molar-refractivity contribution is 6.08. The van der Waals surface area contributed by atoms with Gasteiger partial charge in [0, 0.05) is 57.1 Å². The molecule has 6 rings (SSSR count). The number of fused-ring (bicyclic) bond motifs is 1. The zero-order valence-electron chi connectivity index (χ0n) is 19.5. The second-order valence-electron chi connectivity index (χ2n) is 10.2. The summed E-state index contributed by atoms with van der Waals surface area (Å²) in [6, 6.07) is 5.35. The SMILES string of the molecule is Nc1ccc(C(=O)Nc2cn3ccnc3c(N3CCC(F)(F)CC3)n2)c(N2CCC3(CC2)CC3)c1. The molecule has 1 saturated carbocycles. The van der Waals surface area contributed by atoms with Crippen LogP contribution in [-0.4, -0.2) is 52.4 Å². The summed E-state index contributed by atoms with van der Waals surface area (Å²) < 4.78 is 29.2. The Morgan fingerprint density at radius 3 is 2.43 bits per heavy atom. The van der Waals surface area contributed by atoms with Gasteiger partial charge >= 0.3 is 0 Å². The summed E-state index contributed by atoms with van der Waals surface area (Å²) in [4.78, 5) is 26.5. The van der Waals surface area contributed by atoms with E-state index in [9.17, 15) is 13.6 Å². The molecule has 10 heteroatoms. The van der Waals surface area contributed by atoms with Crippen molar-refractivity contribution in [2.24, 2.45) is 5.41 Å². The summed E-state index contributed by atoms with van der Waals surface area (Å²) in [6.45, 7) is 2.18. The van der Waals surface area contributed by atoms with E-state index >= 15 is 0 Å². The Labute approximate surface area is 202 Å². The zero-order valence-corrected chi connectivity index (χ0v) is 19.5. The van der Waals surface area contributed by atoms with Crippen molar-refractivity contribution < 1.29 is 13.6 Å². The van der Waals surface area contributed by atoms with Gasteiger partial charge in [-0.15, -0.1) is 0 Å². The van der Waals surface area contributed by atoms with Gasteiger partial charge < -0.3 is 25.3 Å². The number of carbonyl (C=O) groups excluding carboxylic acids is 1. The van der Waals surface area contributed by atoms with Gasteiger partial charge in [-0.1, -0.05) is 0 Å². The Bertz CT molecular complexity index is 1270. The fourth-order valence-electron chi connectivity index (χ4n) is 5.32. The third kappa shape index (κ3) is 4.26. The number of nitrogens with zero attached hydrogens (tertiary/aromatic N) is 5. The van der Waals surface area contributed by atoms with E-state index < -0.39 is 5.92 Å². The summed E-state index contributed by atoms with van der Waals surface area (Å²) in [5.74, 6) is -2.11. The molecule has 3 N–H and O–H groups in total. The Hall–Kier alpha value is -3.43. The normalized spacial score (nSPS) is 20.9. The largest absolute Gasteiger partial charge is 0.399 e. The molecule has 184 valence electrons. The van der Waals surface area contributed by atoms with Crippen LogP contribution in [0.5, 0.6) is 0 Å². The van der Waals surface area contributed by atoms with Crippen LogP contribution in [0.3, 0.4) is 0 Å². The number of amides is 1. The van der Waals surface area contributed by atoms with E-state index in [2.05, 4.69) is 20.2 Å². The van der Waals surface area contributed by atoms with Crippen LogP contribution in [0, 0.1) is 5.41 Å². The van der Waals surface area contributed by atoms with Gasteiger partial charge in [-0.2, -0.15) is 0 Å². The first-order chi connectivity index (χ1) is 16.8. The van der Waals surface area contributed by atoms with E-state index in [-0.39, 0.29) is 31.8 Å². The first-order valence-electron chi connectivity index (χ1n) is 12.2. The molecule has 0 radical (unpaired) electrons. The summed E-state index contributed by atoms with van der Waals surface area (Å²) in [6.07, 6.45) is 9.51. The minimum absolute atomic E-state index is 0.179. The minimum atomic E-state index is -2.66. The number of nitrogen functional groups attached to an aromatic ring is 1. The number of aromatic nitrogens is 3. The lowest BCUT2D eigenvalue weighted by Crippen LogP contribution is -2.40. The lowest BCUT2D eigenvalue weighted by atomic mass is 9.93. The van der Waals surface area contributed by atoms with Crippen molar-refractivity contribution in [3.05, 3.63) is 42.4 Å². The molecule has 3 aromatic rings. The molecule has 0 unspecified atom stereocenters. The van der Waals surface area contributed by atoms with Crippen molar-refractivity contribution in [3.63, 3.8) is 0 Å². The highest BCUT2D eigenvalue weighted by Gasteiger charge is 2.44. The van der Waals surface area contributed by atoms with E-state index in [1.807, 2.05) is 11.0 Å². The maximum atomic E-state index is 13.7. The van der Waals surface area contributed by atoms with Crippen molar-refractivity contribution in [2.75, 3.05) is 47.0 Å². The lowest BCUT2D eigenvalue weighted by molar-refractivity contribution is -0.0221. The average molecular weight is 482 g/mol. The van der Waals surface area contributed by atoms with E-state index in [0.717, 1.165) is 31.6 Å². The van der Waals surface area contributed by atoms with Gasteiger partial charge in [-0.05, 0) is 49.3 Å². The monoisotopic (exact) mass is 481 g/mol. The van der Waals surface area contributed by atoms with Crippen molar-refractivity contribution in [3.8, 4) is 0 Å². The van der Waals surface area contributed by atoms with E-state index in [1.54, 1.807) is 35.1 Å². The van der Waals surface area contributed by atoms with E-state index in [0.29, 0.717) is 33.9 Å². The Morgan fingerprint density at radius 1 is 1.00 bits per heavy atom. The maximum absolute atomic E-state index is 13.7. The molecule has 35 heavy (non-hydrogen) atoms. The highest BCUT2D eigenvalue weighted by atomic mass is 19.3. The summed E-state index contributed by atoms with van der Waals surface area (Å²) in [7, 11) is 0. The van der Waals surface area contributed by atoms with Crippen LogP contribution in [0.25, 0.3) is 5.65 Å². The zero-order chi connectivity index (χ0) is 24.2. The van der Waals surface area contributed by atoms with Crippen LogP contribution in [0.4, 0.5) is 31.8 Å². The number of rotatable bonds is 4. The minimum Gasteiger partial charge on any atom is -0.399 e. The molecule has 1 spiro atoms. The molecule has 3 aliphatic rings. The van der Waals surface area contributed by atoms with Crippen molar-refractivity contribution >= 4 is 34.6 Å². The number of piperidine rings is 2. The average Bonchev–Trinajstić information content (AvgIpc) is 3.41. The summed E-state index contributed by atoms with van der Waals surface area (Å²) in [5.41, 5.74) is 9.17. The number of carbonyl (C=O) groups is 1. The number of hydrogen-bond acceptors (Lipinski definition) is 6. The lowest BCUT2D eigenvalue weighted by Gasteiger charge is -2.35. The third-order valence-electron chi connectivity index (χ3n) is 7.78. The van der Waals surface area contributed by atoms with Crippen molar-refractivity contribution in [1.82, 2.24) is 14.4 Å². The van der Waals surface area contributed by atoms with Crippen LogP contribution in [0.1, 0.15) is 48.9 Å². The molecule has 0 bridgehead atoms. The van der Waals surface area contributed by atoms with Gasteiger partial charge in [0.15, 0.2) is 17.3 Å². The Kier molecular flexibility index (Phi) is 5.08. The van der Waals surface area contributed by atoms with Gasteiger partial charge in [-0.3, -0.25) is 4.79 Å². The third-order valence-corrected chi connectivity index (χ3v) is 7.78. The van der Waals surface area contributed by atoms with Crippen LogP contribution in [0.2, 0.25) is 0 Å². The molecule has 0 atom stereocenters. The maximum Gasteiger partial charge on any atom is 0.258 e. The summed E-state index contributed by atoms with van der Waals surface area (Å²) in [5, 5.41) is 2.92. The fraction of sp³-hybridized carbons (Fsp3) is 0.480. The molecular formula is C25H29F2N7O. The van der Waals surface area contributed by atoms with Crippen LogP contribution < -0.4 is 20.9 Å². The molecule has 4 heterocycles. The molecule has 1 aromatic carbocycles. The summed E-state index contributed by atoms with van der Waals surface area (Å²) >= 11 is 0. The Balaban J connectivity index is 1.27. The molecule has 2 saturated heterocycles. The molecule has 2 aromatic heterocycles. The second-order valence-corrected chi connectivity index (χ2v) is 10.2. The molecule has 1 aliphatic carbocycles. The number of alkyl halides is 2. The molecule has 2 aliphatic heterocycles. The molecule has 8 nitrogen and oxygen atoms in total. The first-order valence-corrected chi connectivity index (χ1v) is 12.2. The number of nitrogens with one attached hydrogen (secondary N) is 1. The second kappa shape index (κ2) is 8.07. The van der Waals surface area contributed by atoms with Crippen LogP contribution in [-0.2, 0) is 0 Å². The van der Waals surface area contributed by atoms with Gasteiger partial charge in [0.1, 0.15) is 0 Å². The molecule has 3 fully saturated rings. The number of imidazole rings is 1. The van der Waals surface area contributed by atoms with Gasteiger partial charge in [0.2, 0.25) is 0 Å². The molecular weight excluding hydrogens is 452 g/mol. The number of anilines is 4. The van der Waals surface area contributed by atoms with Gasteiger partial charge in [-0.25, -0.2) is 18.7 Å². The van der Waals surface area contributed by atoms with E-state index in [1.165, 1.54) is 12.8 Å². The highest BCUT2D eigenvalue weighted by Crippen LogP contribution is 2.54. The van der Waals surface area contributed by atoms with E-state index in [4.69, 9.17) is 5.73 Å². The van der Waals surface area contributed by atoms with Gasteiger partial charge in [0.05, 0.1) is 17.4 Å².